The van der Waals surface area contributed by atoms with Gasteiger partial charge in [-0.1, -0.05) is 33.8 Å². The number of nitrogens with zero attached hydrogens (tertiary/aromatic N) is 3. The van der Waals surface area contributed by atoms with Crippen molar-refractivity contribution in [2.45, 2.75) is 45.4 Å². The largest absolute Gasteiger partial charge is 0.322 e. The Hall–Kier alpha value is -3.04. The SMILES string of the molecule is CCN(CC)S(=O)(=O)c1cc(NC(=O)c2cnn(-c3ccc(F)cc3)c2C(C)C)ccc1C. The van der Waals surface area contributed by atoms with Crippen LogP contribution in [0.25, 0.3) is 5.69 Å². The van der Waals surface area contributed by atoms with E-state index in [1.165, 1.54) is 28.7 Å². The third kappa shape index (κ3) is 4.99. The monoisotopic (exact) mass is 472 g/mol. The maximum atomic E-state index is 13.3. The number of aromatic nitrogens is 2. The normalized spacial score (nSPS) is 11.9. The van der Waals surface area contributed by atoms with E-state index in [1.54, 1.807) is 49.7 Å². The Morgan fingerprint density at radius 3 is 2.33 bits per heavy atom. The molecule has 176 valence electrons. The summed E-state index contributed by atoms with van der Waals surface area (Å²) >= 11 is 0. The van der Waals surface area contributed by atoms with Gasteiger partial charge in [0.05, 0.1) is 28.0 Å². The van der Waals surface area contributed by atoms with Crippen LogP contribution in [-0.2, 0) is 10.0 Å². The van der Waals surface area contributed by atoms with E-state index in [-0.39, 0.29) is 16.6 Å². The van der Waals surface area contributed by atoms with E-state index < -0.39 is 15.9 Å². The van der Waals surface area contributed by atoms with Gasteiger partial charge in [0.25, 0.3) is 5.91 Å². The van der Waals surface area contributed by atoms with Gasteiger partial charge in [-0.25, -0.2) is 17.5 Å². The average molecular weight is 473 g/mol. The van der Waals surface area contributed by atoms with Crippen molar-refractivity contribution in [3.05, 3.63) is 71.3 Å². The zero-order valence-electron chi connectivity index (χ0n) is 19.5. The molecule has 0 unspecified atom stereocenters. The van der Waals surface area contributed by atoms with Crippen LogP contribution in [0.3, 0.4) is 0 Å². The molecule has 3 aromatic rings. The highest BCUT2D eigenvalue weighted by Crippen LogP contribution is 2.26. The molecule has 1 aromatic heterocycles. The van der Waals surface area contributed by atoms with Crippen molar-refractivity contribution in [3.63, 3.8) is 0 Å². The van der Waals surface area contributed by atoms with Crippen molar-refractivity contribution < 1.29 is 17.6 Å². The molecular weight excluding hydrogens is 443 g/mol. The summed E-state index contributed by atoms with van der Waals surface area (Å²) in [6, 6.07) is 10.7. The van der Waals surface area contributed by atoms with E-state index in [2.05, 4.69) is 10.4 Å². The standard InChI is InChI=1S/C24H29FN4O3S/c1-6-28(7-2)33(31,32)22-14-19(11-8-17(22)5)27-24(30)21-15-26-29(23(21)16(3)4)20-12-9-18(25)10-13-20/h8-16H,6-7H2,1-5H3,(H,27,30). The van der Waals surface area contributed by atoms with Crippen LogP contribution in [0.1, 0.15) is 55.2 Å². The number of aryl methyl sites for hydroxylation is 1. The highest BCUT2D eigenvalue weighted by molar-refractivity contribution is 7.89. The highest BCUT2D eigenvalue weighted by Gasteiger charge is 2.25. The lowest BCUT2D eigenvalue weighted by atomic mass is 10.0. The quantitative estimate of drug-likeness (QED) is 0.514. The molecule has 0 aliphatic rings. The molecule has 3 rings (SSSR count). The van der Waals surface area contributed by atoms with E-state index >= 15 is 0 Å². The topological polar surface area (TPSA) is 84.3 Å². The molecule has 2 aromatic carbocycles. The number of carbonyl (C=O) groups is 1. The maximum absolute atomic E-state index is 13.3. The predicted molar refractivity (Wildman–Crippen MR) is 127 cm³/mol. The number of carbonyl (C=O) groups excluding carboxylic acids is 1. The van der Waals surface area contributed by atoms with E-state index in [0.29, 0.717) is 41.3 Å². The zero-order valence-corrected chi connectivity index (χ0v) is 20.3. The first kappa shape index (κ1) is 24.6. The summed E-state index contributed by atoms with van der Waals surface area (Å²) in [6.45, 7) is 9.89. The first-order valence-corrected chi connectivity index (χ1v) is 12.3. The smallest absolute Gasteiger partial charge is 0.259 e. The van der Waals surface area contributed by atoms with Gasteiger partial charge in [-0.15, -0.1) is 0 Å². The number of anilines is 1. The fraction of sp³-hybridized carbons (Fsp3) is 0.333. The Morgan fingerprint density at radius 2 is 1.76 bits per heavy atom. The molecule has 0 aliphatic heterocycles. The number of sulfonamides is 1. The van der Waals surface area contributed by atoms with Crippen molar-refractivity contribution in [2.75, 3.05) is 18.4 Å². The summed E-state index contributed by atoms with van der Waals surface area (Å²) in [5.41, 5.74) is 2.65. The van der Waals surface area contributed by atoms with Crippen molar-refractivity contribution in [2.24, 2.45) is 0 Å². The molecule has 0 radical (unpaired) electrons. The molecule has 1 heterocycles. The number of amides is 1. The fourth-order valence-corrected chi connectivity index (χ4v) is 5.44. The lowest BCUT2D eigenvalue weighted by Crippen LogP contribution is -2.31. The van der Waals surface area contributed by atoms with Gasteiger partial charge in [0.1, 0.15) is 5.82 Å². The fourth-order valence-electron chi connectivity index (χ4n) is 3.73. The second kappa shape index (κ2) is 9.84. The van der Waals surface area contributed by atoms with Gasteiger partial charge < -0.3 is 5.32 Å². The van der Waals surface area contributed by atoms with Crippen molar-refractivity contribution >= 4 is 21.6 Å². The van der Waals surface area contributed by atoms with E-state index in [0.717, 1.165) is 0 Å². The second-order valence-corrected chi connectivity index (χ2v) is 9.92. The Kier molecular flexibility index (Phi) is 7.34. The van der Waals surface area contributed by atoms with Crippen molar-refractivity contribution in [1.29, 1.82) is 0 Å². The Balaban J connectivity index is 1.96. The predicted octanol–water partition coefficient (Wildman–Crippen LogP) is 4.73. The number of hydrogen-bond donors (Lipinski definition) is 1. The number of benzene rings is 2. The number of nitrogens with one attached hydrogen (secondary N) is 1. The summed E-state index contributed by atoms with van der Waals surface area (Å²) < 4.78 is 42.4. The molecule has 33 heavy (non-hydrogen) atoms. The first-order valence-electron chi connectivity index (χ1n) is 10.9. The molecule has 0 bridgehead atoms. The third-order valence-electron chi connectivity index (χ3n) is 5.44. The molecule has 9 heteroatoms. The zero-order chi connectivity index (χ0) is 24.3. The summed E-state index contributed by atoms with van der Waals surface area (Å²) in [5.74, 6) is -0.804. The Bertz CT molecular complexity index is 1250. The minimum absolute atomic E-state index is 0.0464. The molecule has 0 atom stereocenters. The van der Waals surface area contributed by atoms with E-state index in [4.69, 9.17) is 0 Å². The van der Waals surface area contributed by atoms with Crippen LogP contribution in [0.5, 0.6) is 0 Å². The first-order chi connectivity index (χ1) is 15.6. The Labute approximate surface area is 194 Å². The number of hydrogen-bond acceptors (Lipinski definition) is 4. The lowest BCUT2D eigenvalue weighted by molar-refractivity contribution is 0.102. The van der Waals surface area contributed by atoms with Crippen LogP contribution >= 0.6 is 0 Å². The van der Waals surface area contributed by atoms with Gasteiger partial charge >= 0.3 is 0 Å². The van der Waals surface area contributed by atoms with E-state index in [9.17, 15) is 17.6 Å². The molecule has 1 N–H and O–H groups in total. The van der Waals surface area contributed by atoms with Gasteiger partial charge in [-0.2, -0.15) is 9.40 Å². The lowest BCUT2D eigenvalue weighted by Gasteiger charge is -2.20. The number of rotatable bonds is 8. The number of halogens is 1. The molecule has 1 amide bonds. The van der Waals surface area contributed by atoms with Gasteiger partial charge in [0.2, 0.25) is 10.0 Å². The second-order valence-electron chi connectivity index (χ2n) is 8.01. The van der Waals surface area contributed by atoms with E-state index in [1.807, 2.05) is 13.8 Å². The van der Waals surface area contributed by atoms with Crippen LogP contribution < -0.4 is 5.32 Å². The molecule has 0 fully saturated rings. The Morgan fingerprint density at radius 1 is 1.12 bits per heavy atom. The van der Waals surface area contributed by atoms with Crippen molar-refractivity contribution in [1.82, 2.24) is 14.1 Å². The van der Waals surface area contributed by atoms with Gasteiger partial charge in [0, 0.05) is 18.8 Å². The highest BCUT2D eigenvalue weighted by atomic mass is 32.2. The average Bonchev–Trinajstić information content (AvgIpc) is 3.22. The van der Waals surface area contributed by atoms with Crippen LogP contribution in [-0.4, -0.2) is 41.5 Å². The van der Waals surface area contributed by atoms with Crippen LogP contribution in [0.2, 0.25) is 0 Å². The minimum Gasteiger partial charge on any atom is -0.322 e. The molecule has 0 spiro atoms. The summed E-state index contributed by atoms with van der Waals surface area (Å²) in [5, 5.41) is 7.15. The maximum Gasteiger partial charge on any atom is 0.259 e. The summed E-state index contributed by atoms with van der Waals surface area (Å²) in [4.78, 5) is 13.3. The van der Waals surface area contributed by atoms with Crippen molar-refractivity contribution in [3.8, 4) is 5.69 Å². The van der Waals surface area contributed by atoms with Crippen LogP contribution in [0.4, 0.5) is 10.1 Å². The molecule has 7 nitrogen and oxygen atoms in total. The third-order valence-corrected chi connectivity index (χ3v) is 7.63. The molecule has 0 aliphatic carbocycles. The van der Waals surface area contributed by atoms with Crippen LogP contribution in [0.15, 0.2) is 53.6 Å². The minimum atomic E-state index is -3.68. The summed E-state index contributed by atoms with van der Waals surface area (Å²) in [7, 11) is -3.68. The van der Waals surface area contributed by atoms with Gasteiger partial charge in [-0.05, 0) is 54.8 Å². The van der Waals surface area contributed by atoms with Gasteiger partial charge in [-0.3, -0.25) is 4.79 Å². The molecule has 0 saturated heterocycles. The summed E-state index contributed by atoms with van der Waals surface area (Å²) in [6.07, 6.45) is 1.47. The van der Waals surface area contributed by atoms with Gasteiger partial charge in [0.15, 0.2) is 0 Å². The van der Waals surface area contributed by atoms with Crippen LogP contribution in [0, 0.1) is 12.7 Å². The molecular formula is C24H29FN4O3S. The molecule has 0 saturated carbocycles.